The molecule has 3 aromatic carbocycles. The number of fused-ring (bicyclic) bond motifs is 1. The van der Waals surface area contributed by atoms with Gasteiger partial charge >= 0.3 is 0 Å². The van der Waals surface area contributed by atoms with Gasteiger partial charge in [0.15, 0.2) is 0 Å². The van der Waals surface area contributed by atoms with Crippen LogP contribution in [0.15, 0.2) is 91.0 Å². The Bertz CT molecular complexity index is 889. The lowest BCUT2D eigenvalue weighted by atomic mass is 10.1. The highest BCUT2D eigenvalue weighted by Gasteiger charge is 2.29. The predicted molar refractivity (Wildman–Crippen MR) is 101 cm³/mol. The Kier molecular flexibility index (Phi) is 3.84. The van der Waals surface area contributed by atoms with Gasteiger partial charge in [-0.1, -0.05) is 66.7 Å². The van der Waals surface area contributed by atoms with Crippen molar-refractivity contribution < 1.29 is 4.57 Å². The van der Waals surface area contributed by atoms with Gasteiger partial charge in [0.25, 0.3) is 0 Å². The zero-order valence-corrected chi connectivity index (χ0v) is 14.1. The molecule has 0 aromatic heterocycles. The van der Waals surface area contributed by atoms with E-state index in [1.807, 2.05) is 72.8 Å². The van der Waals surface area contributed by atoms with Crippen LogP contribution >= 0.6 is 7.29 Å². The number of benzene rings is 3. The zero-order valence-electron chi connectivity index (χ0n) is 13.2. The van der Waals surface area contributed by atoms with Gasteiger partial charge in [-0.15, -0.1) is 0 Å². The Labute approximate surface area is 142 Å². The molecule has 1 aliphatic rings. The summed E-state index contributed by atoms with van der Waals surface area (Å²) in [5.41, 5.74) is 3.37. The first kappa shape index (κ1) is 15.0. The van der Waals surface area contributed by atoms with Crippen molar-refractivity contribution in [2.24, 2.45) is 0 Å². The highest BCUT2D eigenvalue weighted by atomic mass is 31.2. The highest BCUT2D eigenvalue weighted by molar-refractivity contribution is 7.77. The minimum atomic E-state index is -2.95. The largest absolute Gasteiger partial charge is 0.329 e. The molecule has 0 atom stereocenters. The first-order valence-corrected chi connectivity index (χ1v) is 9.76. The summed E-state index contributed by atoms with van der Waals surface area (Å²) in [6.07, 6.45) is 3.01. The van der Waals surface area contributed by atoms with Gasteiger partial charge in [0.1, 0.15) is 0 Å². The van der Waals surface area contributed by atoms with Crippen LogP contribution in [-0.4, -0.2) is 0 Å². The molecule has 0 heterocycles. The number of hydrogen-bond donors (Lipinski definition) is 1. The van der Waals surface area contributed by atoms with Crippen molar-refractivity contribution in [1.29, 1.82) is 0 Å². The van der Waals surface area contributed by atoms with Crippen molar-refractivity contribution in [1.82, 2.24) is 5.09 Å². The Balaban J connectivity index is 1.80. The zero-order chi connectivity index (χ0) is 16.4. The van der Waals surface area contributed by atoms with Crippen molar-refractivity contribution in [3.8, 4) is 0 Å². The molecule has 0 unspecified atom stereocenters. The average molecular weight is 331 g/mol. The molecule has 1 N–H and O–H groups in total. The summed E-state index contributed by atoms with van der Waals surface area (Å²) in [5, 5.41) is 5.04. The van der Waals surface area contributed by atoms with E-state index in [4.69, 9.17) is 0 Å². The molecule has 0 saturated carbocycles. The third kappa shape index (κ3) is 2.60. The Morgan fingerprint density at radius 1 is 0.708 bits per heavy atom. The number of rotatable bonds is 4. The van der Waals surface area contributed by atoms with Crippen LogP contribution in [0.1, 0.15) is 11.1 Å². The van der Waals surface area contributed by atoms with Gasteiger partial charge in [0, 0.05) is 21.9 Å². The summed E-state index contributed by atoms with van der Waals surface area (Å²) in [7, 11) is -2.95. The van der Waals surface area contributed by atoms with E-state index >= 15 is 0 Å². The molecule has 118 valence electrons. The normalized spacial score (nSPS) is 13.2. The van der Waals surface area contributed by atoms with Crippen molar-refractivity contribution in [2.45, 2.75) is 6.42 Å². The van der Waals surface area contributed by atoms with Crippen LogP contribution in [0.25, 0.3) is 5.70 Å². The molecule has 24 heavy (non-hydrogen) atoms. The van der Waals surface area contributed by atoms with Gasteiger partial charge in [-0.25, -0.2) is 0 Å². The van der Waals surface area contributed by atoms with E-state index in [9.17, 15) is 4.57 Å². The summed E-state index contributed by atoms with van der Waals surface area (Å²) in [4.78, 5) is 0. The molecule has 4 rings (SSSR count). The van der Waals surface area contributed by atoms with Gasteiger partial charge in [-0.3, -0.25) is 4.57 Å². The topological polar surface area (TPSA) is 29.1 Å². The molecule has 3 aromatic rings. The van der Waals surface area contributed by atoms with E-state index in [2.05, 4.69) is 23.3 Å². The lowest BCUT2D eigenvalue weighted by Gasteiger charge is -2.23. The van der Waals surface area contributed by atoms with Crippen LogP contribution in [0.4, 0.5) is 0 Å². The van der Waals surface area contributed by atoms with Crippen LogP contribution in [0.5, 0.6) is 0 Å². The van der Waals surface area contributed by atoms with Crippen molar-refractivity contribution in [3.63, 3.8) is 0 Å². The SMILES string of the molecule is O=P(NC1=CCc2ccccc21)(c1ccccc1)c1ccccc1. The first-order chi connectivity index (χ1) is 11.8. The number of allylic oxidation sites excluding steroid dienone is 1. The summed E-state index contributed by atoms with van der Waals surface area (Å²) < 4.78 is 14.0. The Morgan fingerprint density at radius 2 is 1.25 bits per heavy atom. The lowest BCUT2D eigenvalue weighted by molar-refractivity contribution is 0.584. The van der Waals surface area contributed by atoms with Gasteiger partial charge in [0.05, 0.1) is 0 Å². The quantitative estimate of drug-likeness (QED) is 0.729. The van der Waals surface area contributed by atoms with E-state index in [-0.39, 0.29) is 0 Å². The fraction of sp³-hybridized carbons (Fsp3) is 0.0476. The molecule has 0 saturated heterocycles. The molecule has 0 aliphatic heterocycles. The fourth-order valence-electron chi connectivity index (χ4n) is 3.11. The van der Waals surface area contributed by atoms with Crippen molar-refractivity contribution in [3.05, 3.63) is 102 Å². The monoisotopic (exact) mass is 331 g/mol. The van der Waals surface area contributed by atoms with E-state index in [1.165, 1.54) is 5.56 Å². The first-order valence-electron chi connectivity index (χ1n) is 8.05. The molecule has 0 amide bonds. The molecule has 0 radical (unpaired) electrons. The second-order valence-electron chi connectivity index (χ2n) is 5.87. The maximum Gasteiger partial charge on any atom is 0.227 e. The smallest absolute Gasteiger partial charge is 0.227 e. The minimum absolute atomic E-state index is 0.821. The van der Waals surface area contributed by atoms with Crippen LogP contribution in [0.2, 0.25) is 0 Å². The van der Waals surface area contributed by atoms with Gasteiger partial charge < -0.3 is 5.09 Å². The summed E-state index contributed by atoms with van der Waals surface area (Å²) in [5.74, 6) is 0. The molecular formula is C21H18NOP. The molecule has 0 fully saturated rings. The Morgan fingerprint density at radius 3 is 1.88 bits per heavy atom. The molecule has 2 nitrogen and oxygen atoms in total. The van der Waals surface area contributed by atoms with Crippen LogP contribution in [-0.2, 0) is 11.0 Å². The third-order valence-electron chi connectivity index (χ3n) is 4.35. The average Bonchev–Trinajstić information content (AvgIpc) is 3.06. The second-order valence-corrected chi connectivity index (χ2v) is 8.35. The highest BCUT2D eigenvalue weighted by Crippen LogP contribution is 2.43. The summed E-state index contributed by atoms with van der Waals surface area (Å²) >= 11 is 0. The van der Waals surface area contributed by atoms with Crippen LogP contribution in [0.3, 0.4) is 0 Å². The minimum Gasteiger partial charge on any atom is -0.329 e. The standard InChI is InChI=1S/C21H18NOP/c23-24(18-10-3-1-4-11-18,19-12-5-2-6-13-19)22-21-16-15-17-9-7-8-14-20(17)21/h1-14,16H,15H2,(H,22,23). The van der Waals surface area contributed by atoms with Gasteiger partial charge in [0.2, 0.25) is 7.29 Å². The lowest BCUT2D eigenvalue weighted by Crippen LogP contribution is -2.26. The molecule has 3 heteroatoms. The van der Waals surface area contributed by atoms with E-state index in [1.54, 1.807) is 0 Å². The fourth-order valence-corrected chi connectivity index (χ4v) is 5.40. The molecule has 1 aliphatic carbocycles. The number of nitrogens with one attached hydrogen (secondary N) is 1. The summed E-state index contributed by atoms with van der Waals surface area (Å²) in [6.45, 7) is 0. The second kappa shape index (κ2) is 6.14. The molecule has 0 bridgehead atoms. The van der Waals surface area contributed by atoms with E-state index in [0.29, 0.717) is 0 Å². The maximum absolute atomic E-state index is 14.0. The molecule has 0 spiro atoms. The van der Waals surface area contributed by atoms with Crippen molar-refractivity contribution in [2.75, 3.05) is 0 Å². The van der Waals surface area contributed by atoms with E-state index < -0.39 is 7.29 Å². The maximum atomic E-state index is 14.0. The predicted octanol–water partition coefficient (Wildman–Crippen LogP) is 4.10. The van der Waals surface area contributed by atoms with Gasteiger partial charge in [-0.2, -0.15) is 0 Å². The van der Waals surface area contributed by atoms with Gasteiger partial charge in [-0.05, 0) is 36.2 Å². The molecular weight excluding hydrogens is 313 g/mol. The van der Waals surface area contributed by atoms with E-state index in [0.717, 1.165) is 28.3 Å². The van der Waals surface area contributed by atoms with Crippen LogP contribution < -0.4 is 15.7 Å². The van der Waals surface area contributed by atoms with Crippen LogP contribution in [0, 0.1) is 0 Å². The van der Waals surface area contributed by atoms with Crippen molar-refractivity contribution >= 4 is 23.6 Å². The third-order valence-corrected chi connectivity index (χ3v) is 6.96. The Hall–Kier alpha value is -2.57. The number of hydrogen-bond acceptors (Lipinski definition) is 1. The summed E-state index contributed by atoms with van der Waals surface area (Å²) in [6, 6.07) is 27.6.